The zero-order valence-corrected chi connectivity index (χ0v) is 19.5. The van der Waals surface area contributed by atoms with Gasteiger partial charge in [-0.05, 0) is 32.4 Å². The highest BCUT2D eigenvalue weighted by Crippen LogP contribution is 2.34. The Labute approximate surface area is 176 Å². The van der Waals surface area contributed by atoms with Gasteiger partial charge < -0.3 is 15.4 Å². The number of fused-ring (bicyclic) bond motifs is 3. The molecule has 0 aliphatic carbocycles. The van der Waals surface area contributed by atoms with E-state index in [-0.39, 0.29) is 0 Å². The van der Waals surface area contributed by atoms with Crippen LogP contribution >= 0.6 is 0 Å². The number of aromatic amines is 1. The summed E-state index contributed by atoms with van der Waals surface area (Å²) >= 11 is 0. The van der Waals surface area contributed by atoms with E-state index >= 15 is 0 Å². The Balaban J connectivity index is 0.000000644. The molecule has 0 atom stereocenters. The molecule has 1 aliphatic rings. The minimum absolute atomic E-state index is 0.733. The number of aryl methyl sites for hydroxylation is 1. The molecule has 160 valence electrons. The van der Waals surface area contributed by atoms with Crippen molar-refractivity contribution < 1.29 is 5.11 Å². The molecule has 0 fully saturated rings. The fourth-order valence-electron chi connectivity index (χ4n) is 3.19. The smallest absolute Gasteiger partial charge is 0.128 e. The number of anilines is 1. The van der Waals surface area contributed by atoms with E-state index in [1.165, 1.54) is 0 Å². The molecule has 3 N–H and O–H groups in total. The normalized spacial score (nSPS) is 11.2. The Bertz CT molecular complexity index is 867. The molecule has 0 bridgehead atoms. The van der Waals surface area contributed by atoms with Gasteiger partial charge in [0, 0.05) is 11.8 Å². The van der Waals surface area contributed by atoms with Gasteiger partial charge in [0.25, 0.3) is 0 Å². The fourth-order valence-corrected chi connectivity index (χ4v) is 3.19. The number of nitrogens with one attached hydrogen (secondary N) is 2. The Morgan fingerprint density at radius 1 is 0.966 bits per heavy atom. The van der Waals surface area contributed by atoms with Crippen LogP contribution in [0.2, 0.25) is 0 Å². The summed E-state index contributed by atoms with van der Waals surface area (Å²) in [4.78, 5) is 7.99. The van der Waals surface area contributed by atoms with Gasteiger partial charge in [-0.3, -0.25) is 4.57 Å². The van der Waals surface area contributed by atoms with Crippen molar-refractivity contribution in [1.82, 2.24) is 14.5 Å². The van der Waals surface area contributed by atoms with Crippen molar-refractivity contribution in [3.63, 3.8) is 0 Å². The highest BCUT2D eigenvalue weighted by molar-refractivity contribution is 5.69. The second-order valence-electron chi connectivity index (χ2n) is 6.52. The van der Waals surface area contributed by atoms with Gasteiger partial charge >= 0.3 is 0 Å². The van der Waals surface area contributed by atoms with E-state index < -0.39 is 5.60 Å². The van der Waals surface area contributed by atoms with Crippen LogP contribution in [-0.2, 0) is 12.1 Å². The zero-order valence-electron chi connectivity index (χ0n) is 19.5. The van der Waals surface area contributed by atoms with Gasteiger partial charge in [0.15, 0.2) is 0 Å². The summed E-state index contributed by atoms with van der Waals surface area (Å²) in [5, 5.41) is 13.5. The van der Waals surface area contributed by atoms with E-state index in [2.05, 4.69) is 20.9 Å². The summed E-state index contributed by atoms with van der Waals surface area (Å²) in [5.41, 5.74) is 4.39. The minimum atomic E-state index is -0.830. The first-order valence-electron chi connectivity index (χ1n) is 10.8. The molecule has 0 spiro atoms. The molecule has 1 aromatic carbocycles. The molecule has 3 heterocycles. The third kappa shape index (κ3) is 5.10. The lowest BCUT2D eigenvalue weighted by Gasteiger charge is -2.20. The molecular weight excluding hydrogens is 360 g/mol. The Morgan fingerprint density at radius 2 is 1.55 bits per heavy atom. The lowest BCUT2D eigenvalue weighted by molar-refractivity contribution is 0.0786. The first-order valence-corrected chi connectivity index (χ1v) is 10.8. The Morgan fingerprint density at radius 3 is 2.10 bits per heavy atom. The van der Waals surface area contributed by atoms with Gasteiger partial charge in [-0.15, -0.1) is 0 Å². The van der Waals surface area contributed by atoms with E-state index in [1.807, 2.05) is 78.9 Å². The lowest BCUT2D eigenvalue weighted by atomic mass is 9.96. The molecule has 29 heavy (non-hydrogen) atoms. The summed E-state index contributed by atoms with van der Waals surface area (Å²) in [6.45, 7) is 18.3. The number of aliphatic hydroxyl groups is 1. The molecule has 5 nitrogen and oxygen atoms in total. The van der Waals surface area contributed by atoms with E-state index in [0.29, 0.717) is 0 Å². The monoisotopic (exact) mass is 398 g/mol. The fraction of sp³-hybridized carbons (Fsp3) is 0.458. The van der Waals surface area contributed by atoms with E-state index in [1.54, 1.807) is 13.8 Å². The van der Waals surface area contributed by atoms with Gasteiger partial charge in [0.05, 0.1) is 29.2 Å². The first-order chi connectivity index (χ1) is 13.9. The first kappa shape index (κ1) is 24.5. The second kappa shape index (κ2) is 10.9. The Kier molecular flexibility index (Phi) is 9.18. The lowest BCUT2D eigenvalue weighted by Crippen LogP contribution is -2.16. The predicted molar refractivity (Wildman–Crippen MR) is 125 cm³/mol. The van der Waals surface area contributed by atoms with Gasteiger partial charge in [0.2, 0.25) is 0 Å². The number of H-pyrrole nitrogens is 1. The van der Waals surface area contributed by atoms with E-state index in [9.17, 15) is 5.11 Å². The number of benzene rings is 1. The standard InChI is InChI=1S/C18H20N4O.3C2H6/c1-11-21-16(12-4-6-13(7-5-12)18(2,3)23)15-10-20-17-14(22(11)15)8-9-19-17;3*1-2/h4-9,19-20,23H,10H2,1-3H3;3*1-2H3. The summed E-state index contributed by atoms with van der Waals surface area (Å²) < 4.78 is 2.20. The van der Waals surface area contributed by atoms with Crippen LogP contribution in [0.5, 0.6) is 0 Å². The Hall–Kier alpha value is -2.53. The molecule has 1 aliphatic heterocycles. The molecule has 0 radical (unpaired) electrons. The molecule has 3 aromatic rings. The minimum Gasteiger partial charge on any atom is -0.386 e. The molecule has 5 heteroatoms. The zero-order chi connectivity index (χ0) is 22.2. The van der Waals surface area contributed by atoms with Crippen LogP contribution in [0.1, 0.15) is 72.5 Å². The molecule has 4 rings (SSSR count). The summed E-state index contributed by atoms with van der Waals surface area (Å²) in [5.74, 6) is 2.01. The van der Waals surface area contributed by atoms with Crippen molar-refractivity contribution in [3.05, 3.63) is 53.6 Å². The van der Waals surface area contributed by atoms with Crippen molar-refractivity contribution in [2.45, 2.75) is 74.5 Å². The number of hydrogen-bond donors (Lipinski definition) is 3. The predicted octanol–water partition coefficient (Wildman–Crippen LogP) is 6.41. The van der Waals surface area contributed by atoms with Crippen LogP contribution < -0.4 is 5.32 Å². The number of imidazole rings is 1. The number of rotatable bonds is 2. The van der Waals surface area contributed by atoms with Crippen LogP contribution in [0.15, 0.2) is 36.5 Å². The average molecular weight is 399 g/mol. The third-order valence-electron chi connectivity index (χ3n) is 4.40. The highest BCUT2D eigenvalue weighted by atomic mass is 16.3. The van der Waals surface area contributed by atoms with Gasteiger partial charge in [-0.1, -0.05) is 65.8 Å². The number of nitrogens with zero attached hydrogens (tertiary/aromatic N) is 2. The largest absolute Gasteiger partial charge is 0.386 e. The van der Waals surface area contributed by atoms with Gasteiger partial charge in [-0.2, -0.15) is 0 Å². The van der Waals surface area contributed by atoms with Crippen molar-refractivity contribution in [3.8, 4) is 16.9 Å². The van der Waals surface area contributed by atoms with Crippen molar-refractivity contribution in [2.24, 2.45) is 0 Å². The SMILES string of the molecule is CC.CC.CC.Cc1nc(-c2ccc(C(C)(C)O)cc2)c2n1-c1cc[nH]c1NC2. The second-order valence-corrected chi connectivity index (χ2v) is 6.52. The summed E-state index contributed by atoms with van der Waals surface area (Å²) in [6, 6.07) is 10.1. The summed E-state index contributed by atoms with van der Waals surface area (Å²) in [6.07, 6.45) is 1.93. The maximum atomic E-state index is 10.1. The molecule has 0 saturated carbocycles. The number of hydrogen-bond acceptors (Lipinski definition) is 3. The van der Waals surface area contributed by atoms with E-state index in [4.69, 9.17) is 4.98 Å². The molecule has 0 amide bonds. The third-order valence-corrected chi connectivity index (χ3v) is 4.40. The van der Waals surface area contributed by atoms with Crippen LogP contribution in [0.3, 0.4) is 0 Å². The van der Waals surface area contributed by atoms with Crippen molar-refractivity contribution in [2.75, 3.05) is 5.32 Å². The van der Waals surface area contributed by atoms with Crippen LogP contribution in [0.25, 0.3) is 16.9 Å². The van der Waals surface area contributed by atoms with Crippen LogP contribution in [0, 0.1) is 6.92 Å². The van der Waals surface area contributed by atoms with Gasteiger partial charge in [0.1, 0.15) is 11.6 Å². The molecule has 0 unspecified atom stereocenters. The van der Waals surface area contributed by atoms with E-state index in [0.717, 1.165) is 46.4 Å². The highest BCUT2D eigenvalue weighted by Gasteiger charge is 2.24. The topological polar surface area (TPSA) is 65.9 Å². The molecule has 0 saturated heterocycles. The van der Waals surface area contributed by atoms with Crippen molar-refractivity contribution >= 4 is 5.82 Å². The summed E-state index contributed by atoms with van der Waals surface area (Å²) in [7, 11) is 0. The number of aromatic nitrogens is 3. The van der Waals surface area contributed by atoms with Crippen LogP contribution in [-0.4, -0.2) is 19.6 Å². The van der Waals surface area contributed by atoms with Gasteiger partial charge in [-0.25, -0.2) is 4.98 Å². The maximum Gasteiger partial charge on any atom is 0.128 e. The van der Waals surface area contributed by atoms with Crippen molar-refractivity contribution in [1.29, 1.82) is 0 Å². The average Bonchev–Trinajstić information content (AvgIpc) is 3.36. The molecular formula is C24H38N4O. The molecule has 2 aromatic heterocycles. The quantitative estimate of drug-likeness (QED) is 0.467. The maximum absolute atomic E-state index is 10.1. The van der Waals surface area contributed by atoms with Crippen LogP contribution in [0.4, 0.5) is 5.82 Å².